The van der Waals surface area contributed by atoms with E-state index in [1.807, 2.05) is 0 Å². The molecule has 0 heterocycles. The Bertz CT molecular complexity index is 87.8. The van der Waals surface area contributed by atoms with Crippen LogP contribution >= 0.6 is 0 Å². The van der Waals surface area contributed by atoms with Gasteiger partial charge in [0.05, 0.1) is 6.61 Å². The number of unbranched alkanes of at least 4 members (excludes halogenated alkanes) is 2. The zero-order valence-corrected chi connectivity index (χ0v) is 6.91. The Morgan fingerprint density at radius 1 is 1.18 bits per heavy atom. The molecule has 0 N–H and O–H groups in total. The fraction of sp³-hybridized carbons (Fsp3) is 1.00. The molecular formula is C7H15NO3. The van der Waals surface area contributed by atoms with Crippen LogP contribution in [0.5, 0.6) is 0 Å². The first-order chi connectivity index (χ1) is 5.41. The summed E-state index contributed by atoms with van der Waals surface area (Å²) in [5, 5.41) is 2.24. The number of rotatable bonds is 8. The Kier molecular flexibility index (Phi) is 8.82. The molecule has 66 valence electrons. The van der Waals surface area contributed by atoms with Gasteiger partial charge in [-0.05, 0) is 6.42 Å². The van der Waals surface area contributed by atoms with E-state index in [2.05, 4.69) is 17.1 Å². The zero-order chi connectivity index (χ0) is 8.36. The second-order valence-corrected chi connectivity index (χ2v) is 2.23. The summed E-state index contributed by atoms with van der Waals surface area (Å²) in [6.07, 6.45) is 3.45. The quantitative estimate of drug-likeness (QED) is 0.310. The van der Waals surface area contributed by atoms with Crippen LogP contribution in [-0.2, 0) is 9.57 Å². The highest BCUT2D eigenvalue weighted by Gasteiger charge is 1.88. The van der Waals surface area contributed by atoms with Gasteiger partial charge in [-0.25, -0.2) is 0 Å². The van der Waals surface area contributed by atoms with E-state index in [1.54, 1.807) is 0 Å². The molecule has 0 atom stereocenters. The van der Waals surface area contributed by atoms with Gasteiger partial charge in [-0.3, -0.25) is 0 Å². The molecule has 0 unspecified atom stereocenters. The lowest BCUT2D eigenvalue weighted by molar-refractivity contribution is 0.0474. The maximum atomic E-state index is 9.41. The maximum Gasteiger partial charge on any atom is 0.155 e. The number of ether oxygens (including phenoxy) is 1. The van der Waals surface area contributed by atoms with Crippen LogP contribution in [0.4, 0.5) is 0 Å². The van der Waals surface area contributed by atoms with Crippen LogP contribution in [-0.4, -0.2) is 19.8 Å². The number of hydrogen-bond donors (Lipinski definition) is 0. The van der Waals surface area contributed by atoms with Gasteiger partial charge in [0.1, 0.15) is 6.61 Å². The molecule has 0 bridgehead atoms. The van der Waals surface area contributed by atoms with Crippen molar-refractivity contribution in [2.45, 2.75) is 26.2 Å². The van der Waals surface area contributed by atoms with Crippen LogP contribution in [0, 0.1) is 4.91 Å². The van der Waals surface area contributed by atoms with Gasteiger partial charge in [-0.1, -0.05) is 19.8 Å². The molecular weight excluding hydrogens is 146 g/mol. The van der Waals surface area contributed by atoms with E-state index in [1.165, 1.54) is 12.8 Å². The summed E-state index contributed by atoms with van der Waals surface area (Å²) in [5.41, 5.74) is 0. The first-order valence-electron chi connectivity index (χ1n) is 3.94. The minimum Gasteiger partial charge on any atom is -0.378 e. The maximum absolute atomic E-state index is 9.41. The second-order valence-electron chi connectivity index (χ2n) is 2.23. The molecule has 0 aliphatic rings. The highest BCUT2D eigenvalue weighted by molar-refractivity contribution is 4.35. The van der Waals surface area contributed by atoms with Gasteiger partial charge in [-0.2, -0.15) is 0 Å². The Hall–Kier alpha value is -0.640. The van der Waals surface area contributed by atoms with Crippen LogP contribution < -0.4 is 0 Å². The van der Waals surface area contributed by atoms with Crippen molar-refractivity contribution in [3.05, 3.63) is 4.91 Å². The molecule has 0 aromatic carbocycles. The van der Waals surface area contributed by atoms with Crippen LogP contribution in [0.1, 0.15) is 26.2 Å². The van der Waals surface area contributed by atoms with E-state index in [9.17, 15) is 4.91 Å². The molecule has 0 aromatic rings. The third-order valence-corrected chi connectivity index (χ3v) is 1.26. The Morgan fingerprint density at radius 2 is 2.00 bits per heavy atom. The summed E-state index contributed by atoms with van der Waals surface area (Å²) >= 11 is 0. The molecule has 0 aliphatic heterocycles. The van der Waals surface area contributed by atoms with Gasteiger partial charge >= 0.3 is 0 Å². The Morgan fingerprint density at radius 3 is 2.64 bits per heavy atom. The largest absolute Gasteiger partial charge is 0.378 e. The van der Waals surface area contributed by atoms with Crippen molar-refractivity contribution < 1.29 is 9.57 Å². The lowest BCUT2D eigenvalue weighted by Gasteiger charge is -2.00. The van der Waals surface area contributed by atoms with Crippen LogP contribution in [0.25, 0.3) is 0 Å². The molecule has 0 saturated heterocycles. The van der Waals surface area contributed by atoms with Crippen molar-refractivity contribution in [1.29, 1.82) is 0 Å². The third kappa shape index (κ3) is 9.36. The normalized spacial score (nSPS) is 9.55. The minimum atomic E-state index is 0.260. The highest BCUT2D eigenvalue weighted by atomic mass is 16.7. The minimum absolute atomic E-state index is 0.260. The molecule has 11 heavy (non-hydrogen) atoms. The van der Waals surface area contributed by atoms with Crippen molar-refractivity contribution in [2.24, 2.45) is 5.34 Å². The zero-order valence-electron chi connectivity index (χ0n) is 6.91. The average molecular weight is 161 g/mol. The lowest BCUT2D eigenvalue weighted by Crippen LogP contribution is -2.02. The van der Waals surface area contributed by atoms with E-state index in [4.69, 9.17) is 4.74 Å². The van der Waals surface area contributed by atoms with Gasteiger partial charge < -0.3 is 9.57 Å². The summed E-state index contributed by atoms with van der Waals surface area (Å²) in [5.74, 6) is 0. The number of nitrogens with zero attached hydrogens (tertiary/aromatic N) is 1. The van der Waals surface area contributed by atoms with Crippen LogP contribution in [0.3, 0.4) is 0 Å². The van der Waals surface area contributed by atoms with Crippen LogP contribution in [0.2, 0.25) is 0 Å². The van der Waals surface area contributed by atoms with E-state index in [-0.39, 0.29) is 6.61 Å². The fourth-order valence-corrected chi connectivity index (χ4v) is 0.690. The monoisotopic (exact) mass is 161 g/mol. The molecule has 0 spiro atoms. The molecule has 4 nitrogen and oxygen atoms in total. The molecule has 0 aromatic heterocycles. The molecule has 0 fully saturated rings. The fourth-order valence-electron chi connectivity index (χ4n) is 0.690. The number of hydrogen-bond acceptors (Lipinski definition) is 4. The molecule has 0 rings (SSSR count). The van der Waals surface area contributed by atoms with Gasteiger partial charge in [0.15, 0.2) is 5.34 Å². The highest BCUT2D eigenvalue weighted by Crippen LogP contribution is 1.93. The van der Waals surface area contributed by atoms with E-state index >= 15 is 0 Å². The van der Waals surface area contributed by atoms with E-state index < -0.39 is 0 Å². The van der Waals surface area contributed by atoms with Crippen molar-refractivity contribution in [3.8, 4) is 0 Å². The van der Waals surface area contributed by atoms with Crippen LogP contribution in [0.15, 0.2) is 5.34 Å². The second kappa shape index (κ2) is 9.36. The van der Waals surface area contributed by atoms with Crippen molar-refractivity contribution >= 4 is 0 Å². The molecule has 4 heteroatoms. The topological polar surface area (TPSA) is 47.9 Å². The predicted octanol–water partition coefficient (Wildman–Crippen LogP) is 1.89. The summed E-state index contributed by atoms with van der Waals surface area (Å²) in [6.45, 7) is 3.60. The van der Waals surface area contributed by atoms with Gasteiger partial charge in [0.2, 0.25) is 0 Å². The molecule has 0 amide bonds. The van der Waals surface area contributed by atoms with Gasteiger partial charge in [-0.15, -0.1) is 4.91 Å². The molecule has 0 aliphatic carbocycles. The van der Waals surface area contributed by atoms with Gasteiger partial charge in [0.25, 0.3) is 0 Å². The molecule has 0 radical (unpaired) electrons. The van der Waals surface area contributed by atoms with Crippen molar-refractivity contribution in [3.63, 3.8) is 0 Å². The SMILES string of the molecule is CCCCCOCCON=O. The van der Waals surface area contributed by atoms with Crippen molar-refractivity contribution in [2.75, 3.05) is 19.8 Å². The standard InChI is InChI=1S/C7H15NO3/c1-2-3-4-5-10-6-7-11-8-9/h2-7H2,1H3. The first-order valence-corrected chi connectivity index (χ1v) is 3.94. The lowest BCUT2D eigenvalue weighted by atomic mass is 10.3. The van der Waals surface area contributed by atoms with Crippen molar-refractivity contribution in [1.82, 2.24) is 0 Å². The summed E-state index contributed by atoms with van der Waals surface area (Å²) in [4.78, 5) is 13.6. The van der Waals surface area contributed by atoms with E-state index in [0.29, 0.717) is 6.61 Å². The summed E-state index contributed by atoms with van der Waals surface area (Å²) in [6, 6.07) is 0. The van der Waals surface area contributed by atoms with E-state index in [0.717, 1.165) is 13.0 Å². The third-order valence-electron chi connectivity index (χ3n) is 1.26. The summed E-state index contributed by atoms with van der Waals surface area (Å²) < 4.78 is 5.11. The summed E-state index contributed by atoms with van der Waals surface area (Å²) in [7, 11) is 0. The smallest absolute Gasteiger partial charge is 0.155 e. The average Bonchev–Trinajstić information content (AvgIpc) is 2.03. The Labute approximate surface area is 66.8 Å². The predicted molar refractivity (Wildman–Crippen MR) is 42.1 cm³/mol. The van der Waals surface area contributed by atoms with Gasteiger partial charge in [0, 0.05) is 6.61 Å². The Balaban J connectivity index is 2.74. The first kappa shape index (κ1) is 10.4. The molecule has 0 saturated carbocycles.